The van der Waals surface area contributed by atoms with E-state index in [2.05, 4.69) is 5.32 Å². The van der Waals surface area contributed by atoms with E-state index in [4.69, 9.17) is 21.1 Å². The number of carbonyl (C=O) groups excluding carboxylic acids is 1. The predicted molar refractivity (Wildman–Crippen MR) is 99.9 cm³/mol. The Morgan fingerprint density at radius 3 is 2.46 bits per heavy atom. The molecular weight excluding hydrogens is 350 g/mol. The molecule has 1 aliphatic heterocycles. The second-order valence-electron chi connectivity index (χ2n) is 7.53. The molecule has 0 saturated heterocycles. The average molecular weight is 370 g/mol. The van der Waals surface area contributed by atoms with Crippen molar-refractivity contribution in [2.24, 2.45) is 0 Å². The molecule has 3 aliphatic rings. The Morgan fingerprint density at radius 1 is 0.962 bits per heavy atom. The number of halogens is 1. The van der Waals surface area contributed by atoms with E-state index in [9.17, 15) is 4.79 Å². The van der Waals surface area contributed by atoms with Gasteiger partial charge in [-0.15, -0.1) is 0 Å². The summed E-state index contributed by atoms with van der Waals surface area (Å²) in [6.45, 7) is 0. The van der Waals surface area contributed by atoms with Crippen molar-refractivity contribution in [3.63, 3.8) is 0 Å². The fraction of sp³-hybridized carbons (Fsp3) is 0.381. The molecule has 1 N–H and O–H groups in total. The molecule has 2 aliphatic carbocycles. The SMILES string of the molecule is O=C(Nc1ccc2c(c1)OC1(CCCC1)O2)C1(c2cccc(Cl)c2)CC1. The molecule has 5 heteroatoms. The van der Waals surface area contributed by atoms with Crippen molar-refractivity contribution in [2.75, 3.05) is 5.32 Å². The number of fused-ring (bicyclic) bond motifs is 1. The highest BCUT2D eigenvalue weighted by Crippen LogP contribution is 2.50. The topological polar surface area (TPSA) is 47.6 Å². The molecule has 0 atom stereocenters. The molecule has 2 fully saturated rings. The third-order valence-electron chi connectivity index (χ3n) is 5.72. The molecule has 134 valence electrons. The summed E-state index contributed by atoms with van der Waals surface area (Å²) in [5.74, 6) is 1.01. The van der Waals surface area contributed by atoms with Crippen molar-refractivity contribution in [2.45, 2.75) is 49.7 Å². The first-order chi connectivity index (χ1) is 12.6. The summed E-state index contributed by atoms with van der Waals surface area (Å²) < 4.78 is 12.1. The van der Waals surface area contributed by atoms with Crippen LogP contribution in [0.1, 0.15) is 44.1 Å². The fourth-order valence-electron chi connectivity index (χ4n) is 4.10. The normalized spacial score (nSPS) is 21.0. The molecule has 5 rings (SSSR count). The van der Waals surface area contributed by atoms with Crippen LogP contribution in [-0.2, 0) is 10.2 Å². The number of benzene rings is 2. The predicted octanol–water partition coefficient (Wildman–Crippen LogP) is 5.05. The van der Waals surface area contributed by atoms with E-state index in [1.54, 1.807) is 0 Å². The molecule has 1 heterocycles. The number of rotatable bonds is 3. The lowest BCUT2D eigenvalue weighted by atomic mass is 9.95. The lowest BCUT2D eigenvalue weighted by Gasteiger charge is -2.21. The van der Waals surface area contributed by atoms with Gasteiger partial charge >= 0.3 is 0 Å². The van der Waals surface area contributed by atoms with Crippen LogP contribution in [-0.4, -0.2) is 11.7 Å². The number of hydrogen-bond acceptors (Lipinski definition) is 3. The zero-order chi connectivity index (χ0) is 17.8. The smallest absolute Gasteiger partial charge is 0.251 e. The Hall–Kier alpha value is -2.20. The van der Waals surface area contributed by atoms with Gasteiger partial charge in [0.05, 0.1) is 5.41 Å². The first kappa shape index (κ1) is 16.0. The minimum absolute atomic E-state index is 0.00853. The van der Waals surface area contributed by atoms with Gasteiger partial charge in [-0.2, -0.15) is 0 Å². The Bertz CT molecular complexity index is 885. The van der Waals surface area contributed by atoms with Crippen molar-refractivity contribution in [1.82, 2.24) is 0 Å². The summed E-state index contributed by atoms with van der Waals surface area (Å²) in [7, 11) is 0. The highest BCUT2D eigenvalue weighted by molar-refractivity contribution is 6.30. The second-order valence-corrected chi connectivity index (χ2v) is 7.97. The van der Waals surface area contributed by atoms with Crippen molar-refractivity contribution in [3.05, 3.63) is 53.1 Å². The molecule has 0 radical (unpaired) electrons. The number of anilines is 1. The largest absolute Gasteiger partial charge is 0.448 e. The van der Waals surface area contributed by atoms with Crippen LogP contribution in [0.5, 0.6) is 11.5 Å². The highest BCUT2D eigenvalue weighted by Gasteiger charge is 2.51. The van der Waals surface area contributed by atoms with Gasteiger partial charge in [0.2, 0.25) is 5.91 Å². The zero-order valence-electron chi connectivity index (χ0n) is 14.4. The second kappa shape index (κ2) is 5.65. The van der Waals surface area contributed by atoms with Gasteiger partial charge in [-0.1, -0.05) is 23.7 Å². The molecule has 0 bridgehead atoms. The molecule has 2 aromatic rings. The van der Waals surface area contributed by atoms with Crippen molar-refractivity contribution in [1.29, 1.82) is 0 Å². The van der Waals surface area contributed by atoms with Crippen LogP contribution in [0.4, 0.5) is 5.69 Å². The minimum Gasteiger partial charge on any atom is -0.448 e. The molecular formula is C21H20ClNO3. The van der Waals surface area contributed by atoms with E-state index in [-0.39, 0.29) is 5.91 Å². The summed E-state index contributed by atoms with van der Waals surface area (Å²) in [5, 5.41) is 3.71. The molecule has 0 unspecified atom stereocenters. The maximum absolute atomic E-state index is 12.9. The van der Waals surface area contributed by atoms with Gasteiger partial charge in [0.15, 0.2) is 11.5 Å². The summed E-state index contributed by atoms with van der Waals surface area (Å²) in [4.78, 5) is 12.9. The number of carbonyl (C=O) groups is 1. The fourth-order valence-corrected chi connectivity index (χ4v) is 4.29. The number of ether oxygens (including phenoxy) is 2. The molecule has 1 spiro atoms. The Balaban J connectivity index is 1.36. The van der Waals surface area contributed by atoms with Crippen LogP contribution in [0, 0.1) is 0 Å². The molecule has 2 saturated carbocycles. The molecule has 2 aromatic carbocycles. The molecule has 26 heavy (non-hydrogen) atoms. The van der Waals surface area contributed by atoms with Gasteiger partial charge in [-0.05, 0) is 55.5 Å². The van der Waals surface area contributed by atoms with Gasteiger partial charge in [0.25, 0.3) is 5.79 Å². The van der Waals surface area contributed by atoms with Crippen molar-refractivity contribution >= 4 is 23.2 Å². The minimum atomic E-state index is -0.483. The van der Waals surface area contributed by atoms with Crippen LogP contribution in [0.15, 0.2) is 42.5 Å². The van der Waals surface area contributed by atoms with Gasteiger partial charge in [0, 0.05) is 29.6 Å². The van der Waals surface area contributed by atoms with Crippen LogP contribution in [0.25, 0.3) is 0 Å². The molecule has 0 aromatic heterocycles. The van der Waals surface area contributed by atoms with E-state index < -0.39 is 11.2 Å². The molecule has 4 nitrogen and oxygen atoms in total. The quantitative estimate of drug-likeness (QED) is 0.823. The van der Waals surface area contributed by atoms with Crippen LogP contribution >= 0.6 is 11.6 Å². The number of amides is 1. The first-order valence-corrected chi connectivity index (χ1v) is 9.56. The monoisotopic (exact) mass is 369 g/mol. The summed E-state index contributed by atoms with van der Waals surface area (Å²) >= 11 is 6.10. The summed E-state index contributed by atoms with van der Waals surface area (Å²) in [5.41, 5.74) is 1.25. The highest BCUT2D eigenvalue weighted by atomic mass is 35.5. The summed E-state index contributed by atoms with van der Waals surface area (Å²) in [6, 6.07) is 13.2. The lowest BCUT2D eigenvalue weighted by molar-refractivity contribution is -0.118. The van der Waals surface area contributed by atoms with E-state index in [1.165, 1.54) is 0 Å². The van der Waals surface area contributed by atoms with E-state index in [0.29, 0.717) is 5.02 Å². The summed E-state index contributed by atoms with van der Waals surface area (Å²) in [6.07, 6.45) is 5.77. The standard InChI is InChI=1S/C21H20ClNO3/c22-15-5-3-4-14(12-15)20(10-11-20)19(24)23-16-6-7-17-18(13-16)26-21(25-17)8-1-2-9-21/h3-7,12-13H,1-2,8-11H2,(H,23,24). The van der Waals surface area contributed by atoms with E-state index in [0.717, 1.165) is 61.3 Å². The number of nitrogens with one attached hydrogen (secondary N) is 1. The third kappa shape index (κ3) is 2.55. The lowest BCUT2D eigenvalue weighted by Crippen LogP contribution is -2.34. The van der Waals surface area contributed by atoms with Gasteiger partial charge < -0.3 is 14.8 Å². The van der Waals surface area contributed by atoms with Gasteiger partial charge in [-0.3, -0.25) is 4.79 Å². The Kier molecular flexibility index (Phi) is 3.48. The third-order valence-corrected chi connectivity index (χ3v) is 5.96. The van der Waals surface area contributed by atoms with Gasteiger partial charge in [0.1, 0.15) is 0 Å². The van der Waals surface area contributed by atoms with Crippen LogP contribution in [0.2, 0.25) is 5.02 Å². The maximum atomic E-state index is 12.9. The van der Waals surface area contributed by atoms with Crippen LogP contribution in [0.3, 0.4) is 0 Å². The molecule has 1 amide bonds. The first-order valence-electron chi connectivity index (χ1n) is 9.18. The van der Waals surface area contributed by atoms with Crippen molar-refractivity contribution < 1.29 is 14.3 Å². The van der Waals surface area contributed by atoms with Crippen LogP contribution < -0.4 is 14.8 Å². The Morgan fingerprint density at radius 2 is 1.73 bits per heavy atom. The van der Waals surface area contributed by atoms with Crippen molar-refractivity contribution in [3.8, 4) is 11.5 Å². The van der Waals surface area contributed by atoms with Gasteiger partial charge in [-0.25, -0.2) is 0 Å². The Labute approximate surface area is 157 Å². The average Bonchev–Trinajstić information content (AvgIpc) is 3.21. The number of hydrogen-bond donors (Lipinski definition) is 1. The zero-order valence-corrected chi connectivity index (χ0v) is 15.1. The van der Waals surface area contributed by atoms with E-state index >= 15 is 0 Å². The maximum Gasteiger partial charge on any atom is 0.251 e. The van der Waals surface area contributed by atoms with E-state index in [1.807, 2.05) is 42.5 Å².